The predicted octanol–water partition coefficient (Wildman–Crippen LogP) is 1.88. The van der Waals surface area contributed by atoms with E-state index in [0.29, 0.717) is 0 Å². The molecule has 0 spiro atoms. The Kier molecular flexibility index (Phi) is 4.30. The van der Waals surface area contributed by atoms with E-state index in [-0.39, 0.29) is 5.56 Å². The number of carbonyl (C=O) groups excluding carboxylic acids is 1. The molecule has 0 atom stereocenters. The molecule has 1 heterocycles. The molecular weight excluding hydrogens is 239 g/mol. The van der Waals surface area contributed by atoms with E-state index in [9.17, 15) is 18.0 Å². The van der Waals surface area contributed by atoms with E-state index in [4.69, 9.17) is 0 Å². The number of hydrogen-bond acceptors (Lipinski definition) is 4. The van der Waals surface area contributed by atoms with Gasteiger partial charge in [0.15, 0.2) is 5.75 Å². The molecule has 0 aromatic carbocycles. The van der Waals surface area contributed by atoms with Crippen molar-refractivity contribution in [1.29, 1.82) is 0 Å². The molecule has 0 aliphatic heterocycles. The Labute approximate surface area is 95.4 Å². The Morgan fingerprint density at radius 2 is 2.12 bits per heavy atom. The van der Waals surface area contributed by atoms with Crippen LogP contribution in [0.15, 0.2) is 6.20 Å². The van der Waals surface area contributed by atoms with Gasteiger partial charge in [0.05, 0.1) is 26.2 Å². The fourth-order valence-corrected chi connectivity index (χ4v) is 1.32. The second kappa shape index (κ2) is 5.51. The molecule has 0 amide bonds. The van der Waals surface area contributed by atoms with Crippen LogP contribution >= 0.6 is 0 Å². The molecule has 0 saturated carbocycles. The van der Waals surface area contributed by atoms with Crippen LogP contribution in [0.5, 0.6) is 5.75 Å². The average molecular weight is 249 g/mol. The third-order valence-electron chi connectivity index (χ3n) is 2.10. The molecule has 7 heteroatoms. The third kappa shape index (κ3) is 2.86. The van der Waals surface area contributed by atoms with Crippen LogP contribution in [0.2, 0.25) is 0 Å². The van der Waals surface area contributed by atoms with Gasteiger partial charge < -0.3 is 9.47 Å². The summed E-state index contributed by atoms with van der Waals surface area (Å²) in [5.41, 5.74) is -0.796. The number of pyridine rings is 1. The molecule has 0 aliphatic rings. The Morgan fingerprint density at radius 3 is 2.59 bits per heavy atom. The first-order chi connectivity index (χ1) is 8.01. The normalized spacial score (nSPS) is 10.5. The zero-order valence-electron chi connectivity index (χ0n) is 9.17. The van der Waals surface area contributed by atoms with E-state index >= 15 is 0 Å². The molecule has 0 unspecified atom stereocenters. The number of carbonyl (C=O) groups is 1. The molecule has 94 valence electrons. The summed E-state index contributed by atoms with van der Waals surface area (Å²) in [6, 6.07) is 0. The molecule has 1 aromatic heterocycles. The van der Waals surface area contributed by atoms with Gasteiger partial charge in [-0.2, -0.15) is 4.39 Å². The van der Waals surface area contributed by atoms with E-state index in [1.54, 1.807) is 0 Å². The summed E-state index contributed by atoms with van der Waals surface area (Å²) in [4.78, 5) is 14.3. The summed E-state index contributed by atoms with van der Waals surface area (Å²) in [7, 11) is 2.17. The van der Waals surface area contributed by atoms with Crippen LogP contribution in [0.4, 0.5) is 13.2 Å². The molecular formula is C10H10F3NO3. The van der Waals surface area contributed by atoms with Gasteiger partial charge in [-0.1, -0.05) is 0 Å². The van der Waals surface area contributed by atoms with E-state index < -0.39 is 36.1 Å². The molecule has 0 fully saturated rings. The van der Waals surface area contributed by atoms with Crippen LogP contribution in [0, 0.1) is 5.95 Å². The monoisotopic (exact) mass is 249 g/mol. The highest BCUT2D eigenvalue weighted by Gasteiger charge is 2.24. The maximum atomic E-state index is 13.1. The van der Waals surface area contributed by atoms with Crippen LogP contribution in [-0.2, 0) is 16.0 Å². The van der Waals surface area contributed by atoms with Crippen LogP contribution in [-0.4, -0.2) is 25.2 Å². The zero-order chi connectivity index (χ0) is 13.0. The molecule has 0 saturated heterocycles. The van der Waals surface area contributed by atoms with Gasteiger partial charge in [0.2, 0.25) is 0 Å². The van der Waals surface area contributed by atoms with Crippen molar-refractivity contribution in [2.75, 3.05) is 14.2 Å². The smallest absolute Gasteiger partial charge is 0.310 e. The number of nitrogens with zero attached hydrogens (tertiary/aromatic N) is 1. The van der Waals surface area contributed by atoms with Gasteiger partial charge in [-0.15, -0.1) is 0 Å². The minimum absolute atomic E-state index is 0.120. The molecule has 0 N–H and O–H groups in total. The van der Waals surface area contributed by atoms with Crippen molar-refractivity contribution in [3.8, 4) is 5.75 Å². The van der Waals surface area contributed by atoms with E-state index in [0.717, 1.165) is 20.4 Å². The lowest BCUT2D eigenvalue weighted by Gasteiger charge is -2.12. The minimum Gasteiger partial charge on any atom is -0.492 e. The number of halogens is 3. The van der Waals surface area contributed by atoms with E-state index in [2.05, 4.69) is 14.5 Å². The summed E-state index contributed by atoms with van der Waals surface area (Å²) < 4.78 is 47.6. The van der Waals surface area contributed by atoms with Crippen molar-refractivity contribution in [2.24, 2.45) is 0 Å². The Balaban J connectivity index is 3.25. The summed E-state index contributed by atoms with van der Waals surface area (Å²) in [5, 5.41) is 0. The van der Waals surface area contributed by atoms with Crippen molar-refractivity contribution in [3.05, 3.63) is 23.3 Å². The van der Waals surface area contributed by atoms with Crippen molar-refractivity contribution < 1.29 is 27.4 Å². The Hall–Kier alpha value is -1.79. The van der Waals surface area contributed by atoms with Gasteiger partial charge in [-0.25, -0.2) is 13.8 Å². The fraction of sp³-hybridized carbons (Fsp3) is 0.400. The first-order valence-electron chi connectivity index (χ1n) is 4.57. The molecule has 17 heavy (non-hydrogen) atoms. The molecule has 4 nitrogen and oxygen atoms in total. The van der Waals surface area contributed by atoms with Gasteiger partial charge >= 0.3 is 5.97 Å². The summed E-state index contributed by atoms with van der Waals surface area (Å²) in [5.74, 6) is -2.51. The lowest BCUT2D eigenvalue weighted by Crippen LogP contribution is -2.10. The lowest BCUT2D eigenvalue weighted by atomic mass is 10.1. The summed E-state index contributed by atoms with van der Waals surface area (Å²) >= 11 is 0. The molecule has 0 bridgehead atoms. The Bertz CT molecular complexity index is 424. The third-order valence-corrected chi connectivity index (χ3v) is 2.10. The van der Waals surface area contributed by atoms with E-state index in [1.165, 1.54) is 0 Å². The number of methoxy groups -OCH3 is 2. The molecule has 0 aliphatic carbocycles. The number of rotatable bonds is 4. The first-order valence-corrected chi connectivity index (χ1v) is 4.57. The number of aromatic nitrogens is 1. The second-order valence-corrected chi connectivity index (χ2v) is 3.07. The number of alkyl halides is 2. The highest BCUT2D eigenvalue weighted by atomic mass is 19.3. The summed E-state index contributed by atoms with van der Waals surface area (Å²) in [6.07, 6.45) is -2.52. The summed E-state index contributed by atoms with van der Waals surface area (Å²) in [6.45, 7) is 0. The SMILES string of the molecule is COC(=O)Cc1cnc(F)c(OC)c1C(F)F. The molecule has 1 aromatic rings. The highest BCUT2D eigenvalue weighted by Crippen LogP contribution is 2.33. The maximum absolute atomic E-state index is 13.1. The molecule has 0 radical (unpaired) electrons. The zero-order valence-corrected chi connectivity index (χ0v) is 9.17. The van der Waals surface area contributed by atoms with Gasteiger partial charge in [-0.3, -0.25) is 4.79 Å². The van der Waals surface area contributed by atoms with Crippen LogP contribution in [0.25, 0.3) is 0 Å². The van der Waals surface area contributed by atoms with Gasteiger partial charge in [0.25, 0.3) is 12.4 Å². The quantitative estimate of drug-likeness (QED) is 0.604. The largest absolute Gasteiger partial charge is 0.492 e. The average Bonchev–Trinajstić information content (AvgIpc) is 2.30. The first kappa shape index (κ1) is 13.3. The number of ether oxygens (including phenoxy) is 2. The predicted molar refractivity (Wildman–Crippen MR) is 51.4 cm³/mol. The minimum atomic E-state index is -2.97. The molecule has 1 rings (SSSR count). The number of hydrogen-bond donors (Lipinski definition) is 0. The van der Waals surface area contributed by atoms with Crippen molar-refractivity contribution >= 4 is 5.97 Å². The maximum Gasteiger partial charge on any atom is 0.310 e. The number of esters is 1. The Morgan fingerprint density at radius 1 is 1.47 bits per heavy atom. The van der Waals surface area contributed by atoms with Crippen molar-refractivity contribution in [3.63, 3.8) is 0 Å². The van der Waals surface area contributed by atoms with Gasteiger partial charge in [-0.05, 0) is 5.56 Å². The van der Waals surface area contributed by atoms with Crippen molar-refractivity contribution in [2.45, 2.75) is 12.8 Å². The van der Waals surface area contributed by atoms with Crippen LogP contribution in [0.3, 0.4) is 0 Å². The van der Waals surface area contributed by atoms with Gasteiger partial charge in [0.1, 0.15) is 0 Å². The van der Waals surface area contributed by atoms with Crippen LogP contribution in [0.1, 0.15) is 17.6 Å². The standard InChI is InChI=1S/C10H10F3NO3/c1-16-6(15)3-5-4-14-10(13)8(17-2)7(5)9(11)12/h4,9H,3H2,1-2H3. The topological polar surface area (TPSA) is 48.4 Å². The van der Waals surface area contributed by atoms with Gasteiger partial charge in [0, 0.05) is 6.20 Å². The van der Waals surface area contributed by atoms with Crippen molar-refractivity contribution in [1.82, 2.24) is 4.98 Å². The lowest BCUT2D eigenvalue weighted by molar-refractivity contribution is -0.139. The van der Waals surface area contributed by atoms with E-state index in [1.807, 2.05) is 0 Å². The van der Waals surface area contributed by atoms with Crippen LogP contribution < -0.4 is 4.74 Å². The second-order valence-electron chi connectivity index (χ2n) is 3.07. The highest BCUT2D eigenvalue weighted by molar-refractivity contribution is 5.73. The fourth-order valence-electron chi connectivity index (χ4n) is 1.32.